The summed E-state index contributed by atoms with van der Waals surface area (Å²) in [6.07, 6.45) is 4.42. The molecule has 1 heterocycles. The van der Waals surface area contributed by atoms with E-state index in [0.29, 0.717) is 12.0 Å². The molecule has 0 bridgehead atoms. The highest BCUT2D eigenvalue weighted by atomic mass is 16.2. The first kappa shape index (κ1) is 8.55. The lowest BCUT2D eigenvalue weighted by atomic mass is 10.0. The highest BCUT2D eigenvalue weighted by Gasteiger charge is 2.44. The summed E-state index contributed by atoms with van der Waals surface area (Å²) in [7, 11) is 0. The molecule has 3 heteroatoms. The minimum absolute atomic E-state index is 0.0703. The third-order valence-corrected chi connectivity index (χ3v) is 3.35. The Morgan fingerprint density at radius 3 is 2.92 bits per heavy atom. The van der Waals surface area contributed by atoms with Crippen LogP contribution in [0.25, 0.3) is 0 Å². The van der Waals surface area contributed by atoms with Crippen molar-refractivity contribution in [2.75, 3.05) is 0 Å². The molecule has 2 rings (SSSR count). The maximum atomic E-state index is 11.3. The Labute approximate surface area is 78.3 Å². The molecule has 1 saturated carbocycles. The van der Waals surface area contributed by atoms with Crippen LogP contribution in [0, 0.1) is 17.2 Å². The molecule has 3 nitrogen and oxygen atoms in total. The van der Waals surface area contributed by atoms with Gasteiger partial charge in [0, 0.05) is 13.0 Å². The van der Waals surface area contributed by atoms with Crippen LogP contribution in [-0.4, -0.2) is 22.9 Å². The normalized spacial score (nSPS) is 37.2. The van der Waals surface area contributed by atoms with Crippen molar-refractivity contribution in [3.63, 3.8) is 0 Å². The van der Waals surface area contributed by atoms with E-state index in [2.05, 4.69) is 6.07 Å². The second kappa shape index (κ2) is 3.02. The van der Waals surface area contributed by atoms with Gasteiger partial charge in [-0.3, -0.25) is 4.79 Å². The van der Waals surface area contributed by atoms with Gasteiger partial charge in [-0.25, -0.2) is 0 Å². The Morgan fingerprint density at radius 1 is 1.54 bits per heavy atom. The van der Waals surface area contributed by atoms with E-state index in [9.17, 15) is 4.79 Å². The molecule has 70 valence electrons. The molecule has 1 aliphatic carbocycles. The molecule has 1 amide bonds. The molecule has 13 heavy (non-hydrogen) atoms. The monoisotopic (exact) mass is 178 g/mol. The number of amides is 1. The zero-order valence-corrected chi connectivity index (χ0v) is 7.86. The fourth-order valence-corrected chi connectivity index (χ4v) is 2.86. The summed E-state index contributed by atoms with van der Waals surface area (Å²) in [4.78, 5) is 13.1. The summed E-state index contributed by atoms with van der Waals surface area (Å²) in [5, 5.41) is 8.90. The number of carbonyl (C=O) groups excluding carboxylic acids is 1. The second-order valence-corrected chi connectivity index (χ2v) is 4.07. The van der Waals surface area contributed by atoms with Crippen molar-refractivity contribution in [2.45, 2.75) is 44.7 Å². The summed E-state index contributed by atoms with van der Waals surface area (Å²) >= 11 is 0. The molecule has 0 aromatic rings. The van der Waals surface area contributed by atoms with Gasteiger partial charge in [0.25, 0.3) is 0 Å². The van der Waals surface area contributed by atoms with Crippen LogP contribution in [0.1, 0.15) is 32.6 Å². The Balaban J connectivity index is 2.20. The van der Waals surface area contributed by atoms with Crippen LogP contribution >= 0.6 is 0 Å². The first-order valence-corrected chi connectivity index (χ1v) is 4.92. The lowest BCUT2D eigenvalue weighted by Gasteiger charge is -2.24. The topological polar surface area (TPSA) is 44.1 Å². The van der Waals surface area contributed by atoms with Crippen molar-refractivity contribution >= 4 is 5.91 Å². The van der Waals surface area contributed by atoms with E-state index in [4.69, 9.17) is 5.26 Å². The van der Waals surface area contributed by atoms with E-state index in [1.165, 1.54) is 12.8 Å². The van der Waals surface area contributed by atoms with Gasteiger partial charge < -0.3 is 4.90 Å². The molecule has 0 aromatic carbocycles. The maximum Gasteiger partial charge on any atom is 0.220 e. The smallest absolute Gasteiger partial charge is 0.220 e. The van der Waals surface area contributed by atoms with Gasteiger partial charge >= 0.3 is 0 Å². The Morgan fingerprint density at radius 2 is 2.31 bits per heavy atom. The van der Waals surface area contributed by atoms with E-state index in [1.807, 2.05) is 0 Å². The lowest BCUT2D eigenvalue weighted by Crippen LogP contribution is -2.39. The fourth-order valence-electron chi connectivity index (χ4n) is 2.86. The van der Waals surface area contributed by atoms with Gasteiger partial charge in [-0.2, -0.15) is 5.26 Å². The molecule has 1 aliphatic heterocycles. The molecule has 0 radical (unpaired) electrons. The molecule has 0 aromatic heterocycles. The van der Waals surface area contributed by atoms with Crippen LogP contribution in [0.3, 0.4) is 0 Å². The minimum atomic E-state index is -0.146. The predicted molar refractivity (Wildman–Crippen MR) is 47.7 cm³/mol. The molecule has 1 saturated heterocycles. The minimum Gasteiger partial charge on any atom is -0.324 e. The van der Waals surface area contributed by atoms with Gasteiger partial charge in [0.15, 0.2) is 0 Å². The van der Waals surface area contributed by atoms with Crippen LogP contribution in [0.2, 0.25) is 0 Å². The van der Waals surface area contributed by atoms with E-state index in [0.717, 1.165) is 12.8 Å². The van der Waals surface area contributed by atoms with Crippen LogP contribution < -0.4 is 0 Å². The summed E-state index contributed by atoms with van der Waals surface area (Å²) in [5.41, 5.74) is 0. The highest BCUT2D eigenvalue weighted by molar-refractivity contribution is 5.75. The standard InChI is InChI=1S/C10H14N2O/c1-7(13)12-9(6-11)5-8-3-2-4-10(8)12/h8-10H,2-5H2,1H3/t8-,9?,10-/m1/s1. The quantitative estimate of drug-likeness (QED) is 0.561. The zero-order valence-electron chi connectivity index (χ0n) is 7.86. The van der Waals surface area contributed by atoms with Crippen molar-refractivity contribution in [3.05, 3.63) is 0 Å². The maximum absolute atomic E-state index is 11.3. The van der Waals surface area contributed by atoms with Crippen molar-refractivity contribution in [1.29, 1.82) is 5.26 Å². The fraction of sp³-hybridized carbons (Fsp3) is 0.800. The number of nitriles is 1. The Hall–Kier alpha value is -1.04. The first-order chi connectivity index (χ1) is 6.24. The van der Waals surface area contributed by atoms with Gasteiger partial charge in [0.1, 0.15) is 6.04 Å². The van der Waals surface area contributed by atoms with Gasteiger partial charge in [0.05, 0.1) is 6.07 Å². The number of fused-ring (bicyclic) bond motifs is 1. The number of hydrogen-bond acceptors (Lipinski definition) is 2. The van der Waals surface area contributed by atoms with Crippen molar-refractivity contribution in [2.24, 2.45) is 5.92 Å². The van der Waals surface area contributed by atoms with E-state index in [-0.39, 0.29) is 11.9 Å². The third kappa shape index (κ3) is 1.21. The molecular formula is C10H14N2O. The summed E-state index contributed by atoms with van der Waals surface area (Å²) in [6, 6.07) is 2.46. The van der Waals surface area contributed by atoms with Gasteiger partial charge in [-0.15, -0.1) is 0 Å². The van der Waals surface area contributed by atoms with Crippen LogP contribution in [-0.2, 0) is 4.79 Å². The molecular weight excluding hydrogens is 164 g/mol. The number of rotatable bonds is 0. The summed E-state index contributed by atoms with van der Waals surface area (Å²) in [5.74, 6) is 0.675. The van der Waals surface area contributed by atoms with Crippen molar-refractivity contribution in [1.82, 2.24) is 4.90 Å². The molecule has 0 N–H and O–H groups in total. The zero-order chi connectivity index (χ0) is 9.42. The SMILES string of the molecule is CC(=O)N1C(C#N)C[C@H]2CCC[C@H]21. The van der Waals surface area contributed by atoms with E-state index < -0.39 is 0 Å². The van der Waals surface area contributed by atoms with Crippen molar-refractivity contribution < 1.29 is 4.79 Å². The number of carbonyl (C=O) groups is 1. The van der Waals surface area contributed by atoms with E-state index >= 15 is 0 Å². The predicted octanol–water partition coefficient (Wildman–Crippen LogP) is 1.30. The van der Waals surface area contributed by atoms with Gasteiger partial charge in [0.2, 0.25) is 5.91 Å². The first-order valence-electron chi connectivity index (χ1n) is 4.92. The highest BCUT2D eigenvalue weighted by Crippen LogP contribution is 2.40. The van der Waals surface area contributed by atoms with Gasteiger partial charge in [-0.1, -0.05) is 6.42 Å². The third-order valence-electron chi connectivity index (χ3n) is 3.35. The molecule has 0 spiro atoms. The van der Waals surface area contributed by atoms with Crippen molar-refractivity contribution in [3.8, 4) is 6.07 Å². The van der Waals surface area contributed by atoms with Crippen LogP contribution in [0.5, 0.6) is 0 Å². The molecule has 2 fully saturated rings. The molecule has 3 atom stereocenters. The number of likely N-dealkylation sites (tertiary alicyclic amines) is 1. The Bertz CT molecular complexity index is 269. The number of nitrogens with zero attached hydrogens (tertiary/aromatic N) is 2. The van der Waals surface area contributed by atoms with Crippen LogP contribution in [0.4, 0.5) is 0 Å². The summed E-state index contributed by atoms with van der Waals surface area (Å²) < 4.78 is 0. The van der Waals surface area contributed by atoms with Crippen LogP contribution in [0.15, 0.2) is 0 Å². The Kier molecular flexibility index (Phi) is 1.99. The second-order valence-electron chi connectivity index (χ2n) is 4.07. The average Bonchev–Trinajstić information content (AvgIpc) is 2.59. The lowest BCUT2D eigenvalue weighted by molar-refractivity contribution is -0.130. The largest absolute Gasteiger partial charge is 0.324 e. The number of hydrogen-bond donors (Lipinski definition) is 0. The van der Waals surface area contributed by atoms with Gasteiger partial charge in [-0.05, 0) is 25.2 Å². The average molecular weight is 178 g/mol. The molecule has 1 unspecified atom stereocenters. The van der Waals surface area contributed by atoms with E-state index in [1.54, 1.807) is 11.8 Å². The molecule has 2 aliphatic rings. The summed E-state index contributed by atoms with van der Waals surface area (Å²) in [6.45, 7) is 1.57.